The van der Waals surface area contributed by atoms with E-state index in [0.29, 0.717) is 43.9 Å². The van der Waals surface area contributed by atoms with E-state index in [2.05, 4.69) is 0 Å². The number of benzene rings is 2. The van der Waals surface area contributed by atoms with Gasteiger partial charge in [0.15, 0.2) is 0 Å². The number of hydrogen-bond donors (Lipinski definition) is 1. The van der Waals surface area contributed by atoms with Gasteiger partial charge < -0.3 is 9.84 Å². The van der Waals surface area contributed by atoms with Gasteiger partial charge in [-0.1, -0.05) is 24.3 Å². The Labute approximate surface area is 167 Å². The number of carboxylic acid groups (broad SMARTS) is 1. The lowest BCUT2D eigenvalue weighted by Gasteiger charge is -2.37. The fraction of sp³-hybridized carbons (Fsp3) is 0.409. The second kappa shape index (κ2) is 8.86. The summed E-state index contributed by atoms with van der Waals surface area (Å²) in [6.45, 7) is 3.31. The summed E-state index contributed by atoms with van der Waals surface area (Å²) < 4.78 is 45.3. The van der Waals surface area contributed by atoms with Gasteiger partial charge in [-0.2, -0.15) is 13.2 Å². The molecule has 1 N–H and O–H groups in total. The molecule has 0 spiro atoms. The first-order chi connectivity index (χ1) is 13.8. The first-order valence-electron chi connectivity index (χ1n) is 9.66. The summed E-state index contributed by atoms with van der Waals surface area (Å²) in [5, 5.41) is 9.43. The van der Waals surface area contributed by atoms with Crippen molar-refractivity contribution in [3.63, 3.8) is 0 Å². The monoisotopic (exact) mass is 407 g/mol. The molecule has 0 aromatic heterocycles. The molecule has 0 saturated carbocycles. The largest absolute Gasteiger partial charge is 0.494 e. The van der Waals surface area contributed by atoms with E-state index < -0.39 is 29.7 Å². The molecule has 7 heteroatoms. The molecule has 29 heavy (non-hydrogen) atoms. The predicted molar refractivity (Wildman–Crippen MR) is 103 cm³/mol. The highest BCUT2D eigenvalue weighted by Crippen LogP contribution is 2.36. The first kappa shape index (κ1) is 21.2. The lowest BCUT2D eigenvalue weighted by molar-refractivity contribution is -0.143. The number of carbonyl (C=O) groups is 1. The van der Waals surface area contributed by atoms with E-state index in [1.54, 1.807) is 18.2 Å². The molecule has 3 rings (SSSR count). The number of hydrogen-bond acceptors (Lipinski definition) is 3. The number of likely N-dealkylation sites (tertiary alicyclic amines) is 1. The molecule has 4 nitrogen and oxygen atoms in total. The zero-order chi connectivity index (χ0) is 21.0. The van der Waals surface area contributed by atoms with Gasteiger partial charge in [-0.25, -0.2) is 0 Å². The van der Waals surface area contributed by atoms with Gasteiger partial charge in [0.1, 0.15) is 5.75 Å². The summed E-state index contributed by atoms with van der Waals surface area (Å²) in [6.07, 6.45) is -3.18. The molecule has 1 fully saturated rings. The van der Waals surface area contributed by atoms with Crippen molar-refractivity contribution in [2.24, 2.45) is 5.92 Å². The molecule has 1 aliphatic heterocycles. The fourth-order valence-corrected chi connectivity index (χ4v) is 3.85. The van der Waals surface area contributed by atoms with E-state index in [1.807, 2.05) is 24.0 Å². The number of carboxylic acids is 1. The van der Waals surface area contributed by atoms with Crippen LogP contribution in [-0.2, 0) is 11.0 Å². The van der Waals surface area contributed by atoms with Gasteiger partial charge in [0.05, 0.1) is 24.1 Å². The van der Waals surface area contributed by atoms with Crippen LogP contribution in [0.5, 0.6) is 5.75 Å². The van der Waals surface area contributed by atoms with Crippen LogP contribution >= 0.6 is 0 Å². The van der Waals surface area contributed by atoms with Crippen molar-refractivity contribution in [1.82, 2.24) is 4.90 Å². The molecule has 2 unspecified atom stereocenters. The van der Waals surface area contributed by atoms with E-state index in [1.165, 1.54) is 6.07 Å². The van der Waals surface area contributed by atoms with Gasteiger partial charge in [0.25, 0.3) is 0 Å². The smallest absolute Gasteiger partial charge is 0.416 e. The van der Waals surface area contributed by atoms with Gasteiger partial charge in [0.2, 0.25) is 0 Å². The molecule has 1 aliphatic rings. The van der Waals surface area contributed by atoms with Crippen LogP contribution in [0.15, 0.2) is 48.5 Å². The number of nitrogens with zero attached hydrogens (tertiary/aromatic N) is 1. The molecule has 156 valence electrons. The van der Waals surface area contributed by atoms with Gasteiger partial charge >= 0.3 is 12.1 Å². The number of halogens is 3. The molecular weight excluding hydrogens is 383 g/mol. The Hall–Kier alpha value is -2.54. The van der Waals surface area contributed by atoms with E-state index in [-0.39, 0.29) is 0 Å². The Balaban J connectivity index is 2.01. The molecular formula is C22H24F3NO3. The SMILES string of the molecule is CCOc1ccc(C(c2cccc(C(F)(F)F)c2)N2CCCC(C(=O)O)C2)cc1. The highest BCUT2D eigenvalue weighted by atomic mass is 19.4. The first-order valence-corrected chi connectivity index (χ1v) is 9.66. The number of ether oxygens (including phenoxy) is 1. The van der Waals surface area contributed by atoms with Crippen molar-refractivity contribution in [1.29, 1.82) is 0 Å². The molecule has 0 radical (unpaired) electrons. The topological polar surface area (TPSA) is 49.8 Å². The maximum atomic E-state index is 13.3. The Morgan fingerprint density at radius 1 is 1.21 bits per heavy atom. The lowest BCUT2D eigenvalue weighted by Crippen LogP contribution is -2.41. The van der Waals surface area contributed by atoms with Crippen molar-refractivity contribution < 1.29 is 27.8 Å². The van der Waals surface area contributed by atoms with Gasteiger partial charge in [-0.15, -0.1) is 0 Å². The summed E-state index contributed by atoms with van der Waals surface area (Å²) in [6, 6.07) is 12.1. The maximum Gasteiger partial charge on any atom is 0.416 e. The average Bonchev–Trinajstić information content (AvgIpc) is 2.70. The summed E-state index contributed by atoms with van der Waals surface area (Å²) >= 11 is 0. The van der Waals surface area contributed by atoms with Gasteiger partial charge in [0, 0.05) is 6.54 Å². The molecule has 1 saturated heterocycles. The summed E-state index contributed by atoms with van der Waals surface area (Å²) in [5.41, 5.74) is 0.589. The van der Waals surface area contributed by atoms with Crippen molar-refractivity contribution in [3.05, 3.63) is 65.2 Å². The second-order valence-corrected chi connectivity index (χ2v) is 7.20. The predicted octanol–water partition coefficient (Wildman–Crippen LogP) is 4.99. The molecule has 2 aromatic rings. The Morgan fingerprint density at radius 3 is 2.55 bits per heavy atom. The third-order valence-corrected chi connectivity index (χ3v) is 5.20. The minimum Gasteiger partial charge on any atom is -0.494 e. The van der Waals surface area contributed by atoms with Crippen LogP contribution in [0.4, 0.5) is 13.2 Å². The maximum absolute atomic E-state index is 13.3. The van der Waals surface area contributed by atoms with Crippen molar-refractivity contribution in [2.75, 3.05) is 19.7 Å². The normalized spacial score (nSPS) is 19.0. The van der Waals surface area contributed by atoms with Crippen molar-refractivity contribution in [3.8, 4) is 5.75 Å². The van der Waals surface area contributed by atoms with Crippen LogP contribution in [0.2, 0.25) is 0 Å². The van der Waals surface area contributed by atoms with Crippen LogP contribution in [0.25, 0.3) is 0 Å². The highest BCUT2D eigenvalue weighted by molar-refractivity contribution is 5.70. The Kier molecular flexibility index (Phi) is 6.47. The number of aliphatic carboxylic acids is 1. The number of piperidine rings is 1. The Morgan fingerprint density at radius 2 is 1.93 bits per heavy atom. The lowest BCUT2D eigenvalue weighted by atomic mass is 9.90. The van der Waals surface area contributed by atoms with E-state index in [9.17, 15) is 23.1 Å². The zero-order valence-electron chi connectivity index (χ0n) is 16.2. The molecule has 2 aromatic carbocycles. The minimum absolute atomic E-state index is 0.295. The van der Waals surface area contributed by atoms with E-state index in [4.69, 9.17) is 4.74 Å². The summed E-state index contributed by atoms with van der Waals surface area (Å²) in [5.74, 6) is -0.718. The molecule has 1 heterocycles. The highest BCUT2D eigenvalue weighted by Gasteiger charge is 2.34. The third kappa shape index (κ3) is 5.09. The van der Waals surface area contributed by atoms with Crippen LogP contribution in [0.3, 0.4) is 0 Å². The van der Waals surface area contributed by atoms with E-state index >= 15 is 0 Å². The quantitative estimate of drug-likeness (QED) is 0.733. The third-order valence-electron chi connectivity index (χ3n) is 5.20. The van der Waals surface area contributed by atoms with Crippen LogP contribution < -0.4 is 4.74 Å². The Bertz CT molecular complexity index is 836. The number of rotatable bonds is 6. The van der Waals surface area contributed by atoms with Crippen molar-refractivity contribution >= 4 is 5.97 Å². The molecule has 0 bridgehead atoms. The van der Waals surface area contributed by atoms with E-state index in [0.717, 1.165) is 17.7 Å². The van der Waals surface area contributed by atoms with Gasteiger partial charge in [-0.3, -0.25) is 9.69 Å². The van der Waals surface area contributed by atoms with Crippen molar-refractivity contribution in [2.45, 2.75) is 32.0 Å². The molecule has 2 atom stereocenters. The average molecular weight is 407 g/mol. The summed E-state index contributed by atoms with van der Waals surface area (Å²) in [7, 11) is 0. The second-order valence-electron chi connectivity index (χ2n) is 7.20. The summed E-state index contributed by atoms with van der Waals surface area (Å²) in [4.78, 5) is 13.5. The minimum atomic E-state index is -4.44. The zero-order valence-corrected chi connectivity index (χ0v) is 16.2. The van der Waals surface area contributed by atoms with Crippen LogP contribution in [-0.4, -0.2) is 35.7 Å². The standard InChI is InChI=1S/C22H24F3NO3/c1-2-29-19-10-8-15(9-11-19)20(26-12-4-6-17(14-26)21(27)28)16-5-3-7-18(13-16)22(23,24)25/h3,5,7-11,13,17,20H,2,4,6,12,14H2,1H3,(H,27,28). The number of alkyl halides is 3. The van der Waals surface area contributed by atoms with Crippen LogP contribution in [0.1, 0.15) is 42.5 Å². The van der Waals surface area contributed by atoms with Gasteiger partial charge in [-0.05, 0) is 61.7 Å². The molecule has 0 amide bonds. The van der Waals surface area contributed by atoms with Crippen LogP contribution in [0, 0.1) is 5.92 Å². The molecule has 0 aliphatic carbocycles. The fourth-order valence-electron chi connectivity index (χ4n) is 3.85.